The molecule has 0 aromatic rings. The minimum Gasteiger partial charge on any atom is -0.391 e. The topological polar surface area (TPSA) is 20.2 Å². The van der Waals surface area contributed by atoms with Gasteiger partial charge in [0.25, 0.3) is 0 Å². The summed E-state index contributed by atoms with van der Waals surface area (Å²) in [6, 6.07) is 0. The van der Waals surface area contributed by atoms with Gasteiger partial charge in [-0.25, -0.2) is 0 Å². The molecule has 12 heavy (non-hydrogen) atoms. The van der Waals surface area contributed by atoms with E-state index in [4.69, 9.17) is 5.11 Å². The summed E-state index contributed by atoms with van der Waals surface area (Å²) < 4.78 is 0. The summed E-state index contributed by atoms with van der Waals surface area (Å²) in [4.78, 5) is 1.25. The summed E-state index contributed by atoms with van der Waals surface area (Å²) in [5.74, 6) is 1.08. The maximum absolute atomic E-state index is 9.13. The van der Waals surface area contributed by atoms with Gasteiger partial charge in [0.2, 0.25) is 0 Å². The first kappa shape index (κ1) is 10.1. The molecule has 0 aromatic carbocycles. The Morgan fingerprint density at radius 2 is 2.00 bits per heavy atom. The molecule has 1 nitrogen and oxygen atoms in total. The molecule has 0 radical (unpaired) electrons. The summed E-state index contributed by atoms with van der Waals surface area (Å²) >= 11 is 1.81. The number of allylic oxidation sites excluding steroid dienone is 1. The molecular formula is C10H18OS. The summed E-state index contributed by atoms with van der Waals surface area (Å²) in [5.41, 5.74) is 1.52. The molecule has 2 heteroatoms. The summed E-state index contributed by atoms with van der Waals surface area (Å²) in [6.45, 7) is 2.40. The lowest BCUT2D eigenvalue weighted by Gasteiger charge is -2.17. The molecule has 0 spiro atoms. The summed E-state index contributed by atoms with van der Waals surface area (Å²) in [5, 5.41) is 9.13. The second-order valence-electron chi connectivity index (χ2n) is 3.18. The van der Waals surface area contributed by atoms with Crippen LogP contribution in [0.1, 0.15) is 39.0 Å². The monoisotopic (exact) mass is 186 g/mol. The largest absolute Gasteiger partial charge is 0.391 e. The SMILES string of the molecule is CCSC(CO)=C1CCCCC1. The van der Waals surface area contributed by atoms with Crippen LogP contribution in [0.5, 0.6) is 0 Å². The Hall–Kier alpha value is 0.0500. The van der Waals surface area contributed by atoms with Crippen molar-refractivity contribution in [3.8, 4) is 0 Å². The summed E-state index contributed by atoms with van der Waals surface area (Å²) in [6.07, 6.45) is 6.47. The number of thioether (sulfide) groups is 1. The lowest BCUT2D eigenvalue weighted by atomic mass is 9.95. The van der Waals surface area contributed by atoms with Gasteiger partial charge in [-0.2, -0.15) is 0 Å². The Bertz CT molecular complexity index is 150. The first-order chi connectivity index (χ1) is 5.88. The normalized spacial score (nSPS) is 18.0. The molecule has 1 saturated carbocycles. The average Bonchev–Trinajstić information content (AvgIpc) is 2.15. The van der Waals surface area contributed by atoms with Crippen molar-refractivity contribution in [2.75, 3.05) is 12.4 Å². The van der Waals surface area contributed by atoms with E-state index in [0.717, 1.165) is 5.75 Å². The highest BCUT2D eigenvalue weighted by molar-refractivity contribution is 8.03. The fourth-order valence-electron chi connectivity index (χ4n) is 1.69. The van der Waals surface area contributed by atoms with E-state index in [1.807, 2.05) is 11.8 Å². The van der Waals surface area contributed by atoms with Crippen molar-refractivity contribution < 1.29 is 5.11 Å². The van der Waals surface area contributed by atoms with E-state index in [2.05, 4.69) is 6.92 Å². The number of hydrogen-bond acceptors (Lipinski definition) is 2. The van der Waals surface area contributed by atoms with Crippen molar-refractivity contribution in [1.29, 1.82) is 0 Å². The first-order valence-electron chi connectivity index (χ1n) is 4.83. The Kier molecular flexibility index (Phi) is 4.77. The highest BCUT2D eigenvalue weighted by atomic mass is 32.2. The third-order valence-corrected chi connectivity index (χ3v) is 3.37. The van der Waals surface area contributed by atoms with Crippen LogP contribution in [0, 0.1) is 0 Å². The van der Waals surface area contributed by atoms with Crippen LogP contribution < -0.4 is 0 Å². The predicted molar refractivity (Wildman–Crippen MR) is 55.3 cm³/mol. The number of aliphatic hydroxyl groups excluding tert-OH is 1. The average molecular weight is 186 g/mol. The molecule has 0 bridgehead atoms. The van der Waals surface area contributed by atoms with E-state index in [9.17, 15) is 0 Å². The van der Waals surface area contributed by atoms with E-state index in [1.54, 1.807) is 0 Å². The van der Waals surface area contributed by atoms with Crippen LogP contribution in [-0.2, 0) is 0 Å². The molecule has 0 aromatic heterocycles. The second kappa shape index (κ2) is 5.65. The highest BCUT2D eigenvalue weighted by Gasteiger charge is 2.10. The Morgan fingerprint density at radius 3 is 2.50 bits per heavy atom. The van der Waals surface area contributed by atoms with Crippen molar-refractivity contribution >= 4 is 11.8 Å². The zero-order chi connectivity index (χ0) is 8.81. The first-order valence-corrected chi connectivity index (χ1v) is 5.81. The number of hydrogen-bond donors (Lipinski definition) is 1. The van der Waals surface area contributed by atoms with E-state index in [0.29, 0.717) is 0 Å². The van der Waals surface area contributed by atoms with Gasteiger partial charge in [0.15, 0.2) is 0 Å². The van der Waals surface area contributed by atoms with Crippen molar-refractivity contribution in [3.63, 3.8) is 0 Å². The highest BCUT2D eigenvalue weighted by Crippen LogP contribution is 2.30. The van der Waals surface area contributed by atoms with Gasteiger partial charge in [0, 0.05) is 4.91 Å². The molecule has 1 aliphatic rings. The minimum absolute atomic E-state index is 0.258. The molecule has 0 amide bonds. The molecule has 70 valence electrons. The van der Waals surface area contributed by atoms with Crippen molar-refractivity contribution in [2.24, 2.45) is 0 Å². The van der Waals surface area contributed by atoms with Crippen LogP contribution in [0.25, 0.3) is 0 Å². The van der Waals surface area contributed by atoms with Gasteiger partial charge < -0.3 is 5.11 Å². The molecule has 0 heterocycles. The predicted octanol–water partition coefficient (Wildman–Crippen LogP) is 2.95. The van der Waals surface area contributed by atoms with Crippen LogP contribution in [0.2, 0.25) is 0 Å². The Morgan fingerprint density at radius 1 is 1.33 bits per heavy atom. The molecule has 0 atom stereocenters. The lowest BCUT2D eigenvalue weighted by Crippen LogP contribution is -2.00. The van der Waals surface area contributed by atoms with E-state index in [1.165, 1.54) is 42.6 Å². The fraction of sp³-hybridized carbons (Fsp3) is 0.800. The third-order valence-electron chi connectivity index (χ3n) is 2.31. The van der Waals surface area contributed by atoms with Crippen LogP contribution in [0.15, 0.2) is 10.5 Å². The van der Waals surface area contributed by atoms with Crippen LogP contribution >= 0.6 is 11.8 Å². The maximum atomic E-state index is 9.13. The van der Waals surface area contributed by atoms with Gasteiger partial charge in [0.1, 0.15) is 0 Å². The van der Waals surface area contributed by atoms with Gasteiger partial charge in [-0.3, -0.25) is 0 Å². The molecule has 0 aliphatic heterocycles. The van der Waals surface area contributed by atoms with Gasteiger partial charge in [0.05, 0.1) is 6.61 Å². The third kappa shape index (κ3) is 2.83. The number of rotatable bonds is 3. The van der Waals surface area contributed by atoms with E-state index in [-0.39, 0.29) is 6.61 Å². The molecule has 1 fully saturated rings. The molecular weight excluding hydrogens is 168 g/mol. The fourth-order valence-corrected chi connectivity index (χ4v) is 2.54. The molecule has 0 unspecified atom stereocenters. The quantitative estimate of drug-likeness (QED) is 0.731. The Labute approximate surface area is 79.2 Å². The van der Waals surface area contributed by atoms with Crippen LogP contribution in [0.4, 0.5) is 0 Å². The van der Waals surface area contributed by atoms with Gasteiger partial charge in [-0.05, 0) is 31.4 Å². The van der Waals surface area contributed by atoms with E-state index >= 15 is 0 Å². The molecule has 1 aliphatic carbocycles. The van der Waals surface area contributed by atoms with Crippen molar-refractivity contribution in [1.82, 2.24) is 0 Å². The van der Waals surface area contributed by atoms with Gasteiger partial charge >= 0.3 is 0 Å². The molecule has 1 rings (SSSR count). The molecule has 1 N–H and O–H groups in total. The summed E-state index contributed by atoms with van der Waals surface area (Å²) in [7, 11) is 0. The lowest BCUT2D eigenvalue weighted by molar-refractivity contribution is 0.337. The maximum Gasteiger partial charge on any atom is 0.0740 e. The van der Waals surface area contributed by atoms with Crippen LogP contribution in [-0.4, -0.2) is 17.5 Å². The second-order valence-corrected chi connectivity index (χ2v) is 4.54. The number of aliphatic hydroxyl groups is 1. The smallest absolute Gasteiger partial charge is 0.0740 e. The minimum atomic E-state index is 0.258. The van der Waals surface area contributed by atoms with Crippen molar-refractivity contribution in [2.45, 2.75) is 39.0 Å². The van der Waals surface area contributed by atoms with Crippen molar-refractivity contribution in [3.05, 3.63) is 10.5 Å². The van der Waals surface area contributed by atoms with E-state index < -0.39 is 0 Å². The van der Waals surface area contributed by atoms with Gasteiger partial charge in [-0.15, -0.1) is 11.8 Å². The van der Waals surface area contributed by atoms with Gasteiger partial charge in [-0.1, -0.05) is 18.9 Å². The Balaban J connectivity index is 2.55. The zero-order valence-corrected chi connectivity index (χ0v) is 8.62. The molecule has 0 saturated heterocycles. The zero-order valence-electron chi connectivity index (χ0n) is 7.81. The van der Waals surface area contributed by atoms with Crippen LogP contribution in [0.3, 0.4) is 0 Å². The standard InChI is InChI=1S/C10H18OS/c1-2-12-10(8-11)9-6-4-3-5-7-9/h11H,2-8H2,1H3.